The Morgan fingerprint density at radius 2 is 1.68 bits per heavy atom. The summed E-state index contributed by atoms with van der Waals surface area (Å²) in [7, 11) is 0. The number of amides is 1. The molecule has 0 aliphatic carbocycles. The highest BCUT2D eigenvalue weighted by molar-refractivity contribution is 6.47. The van der Waals surface area contributed by atoms with E-state index in [4.69, 9.17) is 28.9 Å². The molecule has 0 radical (unpaired) electrons. The largest absolute Gasteiger partial charge is 0.383 e. The lowest BCUT2D eigenvalue weighted by molar-refractivity contribution is -0.121. The van der Waals surface area contributed by atoms with Gasteiger partial charge in [-0.1, -0.05) is 83.9 Å². The molecule has 0 saturated heterocycles. The first-order valence-electron chi connectivity index (χ1n) is 7.64. The molecule has 0 saturated carbocycles. The highest BCUT2D eigenvalue weighted by Crippen LogP contribution is 2.28. The predicted molar refractivity (Wildman–Crippen MR) is 101 cm³/mol. The Bertz CT molecular complexity index is 821. The van der Waals surface area contributed by atoms with E-state index < -0.39 is 10.5 Å². The number of nitrogens with two attached hydrogens (primary N) is 1. The molecule has 25 heavy (non-hydrogen) atoms. The maximum Gasteiger partial charge on any atom is 0.226 e. The van der Waals surface area contributed by atoms with Gasteiger partial charge >= 0.3 is 0 Å². The fourth-order valence-corrected chi connectivity index (χ4v) is 2.94. The molecule has 1 atom stereocenters. The van der Waals surface area contributed by atoms with E-state index in [1.165, 1.54) is 0 Å². The van der Waals surface area contributed by atoms with Gasteiger partial charge in [-0.15, -0.1) is 0 Å². The first-order valence-corrected chi connectivity index (χ1v) is 8.51. The summed E-state index contributed by atoms with van der Waals surface area (Å²) >= 11 is 12.2. The minimum atomic E-state index is -1.47. The number of alkyl halides is 2. The van der Waals surface area contributed by atoms with E-state index in [0.717, 1.165) is 11.1 Å². The van der Waals surface area contributed by atoms with Crippen LogP contribution < -0.4 is 11.1 Å². The molecule has 1 amide bonds. The van der Waals surface area contributed by atoms with E-state index >= 15 is 0 Å². The fourth-order valence-electron chi connectivity index (χ4n) is 2.51. The van der Waals surface area contributed by atoms with Crippen molar-refractivity contribution in [2.45, 2.75) is 16.9 Å². The summed E-state index contributed by atoms with van der Waals surface area (Å²) in [6.07, 6.45) is 0.159. The smallest absolute Gasteiger partial charge is 0.226 e. The molecule has 1 aliphatic heterocycles. The number of aliphatic imine (C=N–C) groups is 2. The van der Waals surface area contributed by atoms with Crippen LogP contribution in [-0.2, 0) is 11.2 Å². The van der Waals surface area contributed by atoms with Crippen molar-refractivity contribution in [2.75, 3.05) is 0 Å². The maximum absolute atomic E-state index is 12.5. The molecule has 3 rings (SSSR count). The molecule has 1 aliphatic rings. The van der Waals surface area contributed by atoms with Crippen LogP contribution in [0.3, 0.4) is 0 Å². The van der Waals surface area contributed by atoms with E-state index in [1.807, 2.05) is 60.7 Å². The van der Waals surface area contributed by atoms with Crippen molar-refractivity contribution < 1.29 is 4.79 Å². The Balaban J connectivity index is 1.86. The molecule has 1 heterocycles. The Morgan fingerprint density at radius 3 is 2.28 bits per heavy atom. The Morgan fingerprint density at radius 1 is 1.08 bits per heavy atom. The van der Waals surface area contributed by atoms with Crippen LogP contribution in [0.5, 0.6) is 0 Å². The molecule has 0 unspecified atom stereocenters. The lowest BCUT2D eigenvalue weighted by Gasteiger charge is -2.28. The third-order valence-electron chi connectivity index (χ3n) is 3.78. The minimum Gasteiger partial charge on any atom is -0.383 e. The van der Waals surface area contributed by atoms with Crippen LogP contribution in [0.4, 0.5) is 0 Å². The Hall–Kier alpha value is -2.37. The van der Waals surface area contributed by atoms with Crippen molar-refractivity contribution in [3.63, 3.8) is 0 Å². The summed E-state index contributed by atoms with van der Waals surface area (Å²) in [6, 6.07) is 18.6. The number of halogens is 2. The van der Waals surface area contributed by atoms with Crippen molar-refractivity contribution >= 4 is 40.8 Å². The summed E-state index contributed by atoms with van der Waals surface area (Å²) in [6.45, 7) is 0. The monoisotopic (exact) mass is 374 g/mol. The van der Waals surface area contributed by atoms with E-state index in [0.29, 0.717) is 5.84 Å². The van der Waals surface area contributed by atoms with Crippen molar-refractivity contribution in [3.05, 3.63) is 71.8 Å². The molecule has 128 valence electrons. The number of carbonyl (C=O) groups is 1. The summed E-state index contributed by atoms with van der Waals surface area (Å²) in [5.41, 5.74) is 6.18. The normalized spacial score (nSPS) is 19.5. The van der Waals surface area contributed by atoms with Crippen LogP contribution >= 0.6 is 23.2 Å². The first kappa shape index (κ1) is 17.5. The molecule has 5 nitrogen and oxygen atoms in total. The zero-order valence-corrected chi connectivity index (χ0v) is 14.7. The summed E-state index contributed by atoms with van der Waals surface area (Å²) in [4.78, 5) is 20.1. The zero-order chi connectivity index (χ0) is 17.9. The van der Waals surface area contributed by atoms with E-state index in [-0.39, 0.29) is 18.2 Å². The molecular formula is C18H16Cl2N4O. The topological polar surface area (TPSA) is 79.8 Å². The molecule has 2 aromatic carbocycles. The molecule has 0 fully saturated rings. The van der Waals surface area contributed by atoms with E-state index in [9.17, 15) is 4.79 Å². The molecule has 3 N–H and O–H groups in total. The second-order valence-corrected chi connectivity index (χ2v) is 6.67. The van der Waals surface area contributed by atoms with Crippen LogP contribution in [0, 0.1) is 0 Å². The van der Waals surface area contributed by atoms with E-state index in [1.54, 1.807) is 0 Å². The zero-order valence-electron chi connectivity index (χ0n) is 13.2. The van der Waals surface area contributed by atoms with Crippen molar-refractivity contribution in [3.8, 4) is 0 Å². The van der Waals surface area contributed by atoms with Crippen molar-refractivity contribution in [1.29, 1.82) is 0 Å². The van der Waals surface area contributed by atoms with Gasteiger partial charge in [-0.05, 0) is 5.56 Å². The van der Waals surface area contributed by atoms with Gasteiger partial charge in [0.1, 0.15) is 0 Å². The van der Waals surface area contributed by atoms with Gasteiger partial charge in [0.25, 0.3) is 0 Å². The third-order valence-corrected chi connectivity index (χ3v) is 4.42. The Labute approximate surface area is 155 Å². The third kappa shape index (κ3) is 3.67. The molecule has 0 spiro atoms. The number of hydrogen-bond acceptors (Lipinski definition) is 4. The van der Waals surface area contributed by atoms with Gasteiger partial charge in [0.2, 0.25) is 11.6 Å². The SMILES string of the molecule is NC1=NC(c2ccccc2)=N[C@]1(NC(=O)Cc1ccccc1)C(Cl)Cl. The number of nitrogens with zero attached hydrogens (tertiary/aromatic N) is 2. The molecule has 0 bridgehead atoms. The lowest BCUT2D eigenvalue weighted by atomic mass is 10.1. The van der Waals surface area contributed by atoms with Gasteiger partial charge in [-0.25, -0.2) is 9.98 Å². The minimum absolute atomic E-state index is 0.0581. The van der Waals surface area contributed by atoms with Gasteiger partial charge in [-0.2, -0.15) is 0 Å². The summed E-state index contributed by atoms with van der Waals surface area (Å²) < 4.78 is 0. The first-order chi connectivity index (χ1) is 12.0. The second kappa shape index (κ2) is 7.25. The van der Waals surface area contributed by atoms with Gasteiger partial charge in [0.15, 0.2) is 16.5 Å². The molecule has 0 aromatic heterocycles. The number of amidine groups is 2. The van der Waals surface area contributed by atoms with Gasteiger partial charge in [0, 0.05) is 5.56 Å². The molecule has 2 aromatic rings. The number of nitrogens with one attached hydrogen (secondary N) is 1. The van der Waals surface area contributed by atoms with Crippen LogP contribution in [0.2, 0.25) is 0 Å². The fraction of sp³-hybridized carbons (Fsp3) is 0.167. The average Bonchev–Trinajstić information content (AvgIpc) is 2.94. The quantitative estimate of drug-likeness (QED) is 0.788. The second-order valence-electron chi connectivity index (χ2n) is 5.58. The van der Waals surface area contributed by atoms with Crippen molar-refractivity contribution in [1.82, 2.24) is 5.32 Å². The highest BCUT2D eigenvalue weighted by atomic mass is 35.5. The highest BCUT2D eigenvalue weighted by Gasteiger charge is 2.46. The predicted octanol–water partition coefficient (Wildman–Crippen LogP) is 2.66. The van der Waals surface area contributed by atoms with Crippen LogP contribution in [0.15, 0.2) is 70.6 Å². The van der Waals surface area contributed by atoms with Gasteiger partial charge < -0.3 is 11.1 Å². The lowest BCUT2D eigenvalue weighted by Crippen LogP contribution is -2.59. The molecule has 7 heteroatoms. The van der Waals surface area contributed by atoms with Crippen molar-refractivity contribution in [2.24, 2.45) is 15.7 Å². The van der Waals surface area contributed by atoms with E-state index in [2.05, 4.69) is 15.3 Å². The Kier molecular flexibility index (Phi) is 5.06. The number of hydrogen-bond donors (Lipinski definition) is 2. The van der Waals surface area contributed by atoms with Gasteiger partial charge in [0.05, 0.1) is 6.42 Å². The van der Waals surface area contributed by atoms with Crippen LogP contribution in [-0.4, -0.2) is 28.1 Å². The van der Waals surface area contributed by atoms with Crippen LogP contribution in [0.1, 0.15) is 11.1 Å². The number of rotatable bonds is 5. The number of carbonyl (C=O) groups excluding carboxylic acids is 1. The summed E-state index contributed by atoms with van der Waals surface area (Å²) in [5.74, 6) is 0.140. The van der Waals surface area contributed by atoms with Gasteiger partial charge in [-0.3, -0.25) is 4.79 Å². The molecular weight excluding hydrogens is 359 g/mol. The number of benzene rings is 2. The maximum atomic E-state index is 12.5. The van der Waals surface area contributed by atoms with Crippen LogP contribution in [0.25, 0.3) is 0 Å². The standard InChI is InChI=1S/C18H16Cl2N4O/c19-16(20)18(23-14(25)11-12-7-3-1-4-8-12)17(21)22-15(24-18)13-9-5-2-6-10-13/h1-10,16H,11H2,(H,23,25)(H2,21,22,24)/t18-/m1/s1. The summed E-state index contributed by atoms with van der Waals surface area (Å²) in [5, 5.41) is 2.74. The average molecular weight is 375 g/mol.